The Kier molecular flexibility index (Phi) is 7.78. The number of hydrogen-bond acceptors (Lipinski definition) is 8. The molecule has 1 amide bonds. The molecule has 0 atom stereocenters. The second-order valence-corrected chi connectivity index (χ2v) is 8.70. The number of hydrogen-bond donors (Lipinski definition) is 2. The Morgan fingerprint density at radius 1 is 1.16 bits per heavy atom. The molecule has 0 fully saturated rings. The summed E-state index contributed by atoms with van der Waals surface area (Å²) < 4.78 is 10.1. The van der Waals surface area contributed by atoms with Crippen LogP contribution in [0.2, 0.25) is 0 Å². The highest BCUT2D eigenvalue weighted by Crippen LogP contribution is 2.31. The largest absolute Gasteiger partial charge is 0.462 e. The van der Waals surface area contributed by atoms with Gasteiger partial charge in [-0.15, -0.1) is 11.3 Å². The van der Waals surface area contributed by atoms with E-state index in [1.54, 1.807) is 19.1 Å². The lowest BCUT2D eigenvalue weighted by Crippen LogP contribution is -2.30. The molecule has 0 saturated carbocycles. The highest BCUT2D eigenvalue weighted by molar-refractivity contribution is 7.18. The van der Waals surface area contributed by atoms with Gasteiger partial charge in [0.2, 0.25) is 0 Å². The smallest absolute Gasteiger partial charge is 0.348 e. The van der Waals surface area contributed by atoms with E-state index in [4.69, 9.17) is 15.2 Å². The van der Waals surface area contributed by atoms with Crippen molar-refractivity contribution in [1.29, 1.82) is 5.26 Å². The van der Waals surface area contributed by atoms with Crippen LogP contribution in [0.5, 0.6) is 0 Å². The fourth-order valence-corrected chi connectivity index (χ4v) is 3.60. The normalized spacial score (nSPS) is 10.8. The van der Waals surface area contributed by atoms with Crippen LogP contribution in [0.3, 0.4) is 0 Å². The third kappa shape index (κ3) is 6.06. The van der Waals surface area contributed by atoms with Gasteiger partial charge in [0.1, 0.15) is 29.1 Å². The Morgan fingerprint density at radius 2 is 1.81 bits per heavy atom. The molecule has 0 saturated heterocycles. The summed E-state index contributed by atoms with van der Waals surface area (Å²) in [6, 6.07) is 9.04. The average Bonchev–Trinajstić information content (AvgIpc) is 3.05. The average molecular weight is 444 g/mol. The number of esters is 2. The maximum Gasteiger partial charge on any atom is 0.348 e. The summed E-state index contributed by atoms with van der Waals surface area (Å²) in [6.07, 6.45) is 0. The molecule has 2 rings (SSSR count). The van der Waals surface area contributed by atoms with Gasteiger partial charge in [-0.2, -0.15) is 5.26 Å². The number of nitrogen functional groups attached to an aromatic ring is 1. The van der Waals surface area contributed by atoms with Gasteiger partial charge in [0.25, 0.3) is 5.91 Å². The van der Waals surface area contributed by atoms with Crippen molar-refractivity contribution < 1.29 is 23.9 Å². The van der Waals surface area contributed by atoms with Gasteiger partial charge >= 0.3 is 11.9 Å². The number of carbonyl (C=O) groups is 3. The zero-order valence-corrected chi connectivity index (χ0v) is 18.7. The maximum absolute atomic E-state index is 12.3. The molecule has 8 nitrogen and oxygen atoms in total. The summed E-state index contributed by atoms with van der Waals surface area (Å²) >= 11 is 0.903. The van der Waals surface area contributed by atoms with E-state index in [0.717, 1.165) is 16.9 Å². The van der Waals surface area contributed by atoms with E-state index >= 15 is 0 Å². The van der Waals surface area contributed by atoms with E-state index in [1.165, 1.54) is 0 Å². The van der Waals surface area contributed by atoms with Crippen LogP contribution >= 0.6 is 11.3 Å². The molecule has 1 aromatic carbocycles. The number of nitrogens with two attached hydrogens (primary N) is 1. The van der Waals surface area contributed by atoms with Gasteiger partial charge < -0.3 is 20.5 Å². The van der Waals surface area contributed by atoms with Crippen molar-refractivity contribution >= 4 is 34.2 Å². The number of nitriles is 1. The molecule has 164 valence electrons. The molecule has 0 radical (unpaired) electrons. The SMILES string of the molecule is CCOC(=O)c1sc(N)c(C#N)c1COC(=O)CNC(=O)c1ccc(C(C)(C)C)cc1. The maximum atomic E-state index is 12.3. The Labute approximate surface area is 185 Å². The molecule has 3 N–H and O–H groups in total. The van der Waals surface area contributed by atoms with Crippen LogP contribution in [0, 0.1) is 11.3 Å². The van der Waals surface area contributed by atoms with E-state index in [1.807, 2.05) is 18.2 Å². The minimum atomic E-state index is -0.719. The monoisotopic (exact) mass is 443 g/mol. The van der Waals surface area contributed by atoms with Gasteiger partial charge in [0, 0.05) is 11.1 Å². The molecule has 0 spiro atoms. The summed E-state index contributed by atoms with van der Waals surface area (Å²) in [6.45, 7) is 7.33. The van der Waals surface area contributed by atoms with Crippen LogP contribution in [0.4, 0.5) is 5.00 Å². The van der Waals surface area contributed by atoms with Gasteiger partial charge in [-0.05, 0) is 30.0 Å². The molecule has 0 aliphatic carbocycles. The standard InChI is InChI=1S/C22H25N3O5S/c1-5-29-21(28)18-16(15(10-23)19(24)31-18)12-30-17(26)11-25-20(27)13-6-8-14(9-7-13)22(2,3)4/h6-9H,5,11-12,24H2,1-4H3,(H,25,27). The number of rotatable bonds is 7. The Balaban J connectivity index is 1.98. The highest BCUT2D eigenvalue weighted by Gasteiger charge is 2.24. The predicted molar refractivity (Wildman–Crippen MR) is 117 cm³/mol. The van der Waals surface area contributed by atoms with E-state index in [2.05, 4.69) is 26.1 Å². The third-order valence-corrected chi connectivity index (χ3v) is 5.43. The zero-order chi connectivity index (χ0) is 23.2. The van der Waals surface area contributed by atoms with Crippen LogP contribution in [0.1, 0.15) is 64.4 Å². The van der Waals surface area contributed by atoms with Crippen molar-refractivity contribution in [2.75, 3.05) is 18.9 Å². The summed E-state index contributed by atoms with van der Waals surface area (Å²) in [5, 5.41) is 11.9. The van der Waals surface area contributed by atoms with Crippen LogP contribution in [-0.4, -0.2) is 31.0 Å². The van der Waals surface area contributed by atoms with E-state index < -0.39 is 17.8 Å². The molecular weight excluding hydrogens is 418 g/mol. The lowest BCUT2D eigenvalue weighted by atomic mass is 9.87. The minimum Gasteiger partial charge on any atom is -0.462 e. The Morgan fingerprint density at radius 3 is 2.35 bits per heavy atom. The Bertz CT molecular complexity index is 1010. The van der Waals surface area contributed by atoms with Crippen molar-refractivity contribution in [3.63, 3.8) is 0 Å². The molecule has 0 aliphatic heterocycles. The summed E-state index contributed by atoms with van der Waals surface area (Å²) in [7, 11) is 0. The molecule has 0 aliphatic rings. The number of nitrogens with zero attached hydrogens (tertiary/aromatic N) is 1. The second kappa shape index (κ2) is 10.1. The number of thiophene rings is 1. The van der Waals surface area contributed by atoms with Gasteiger partial charge in [-0.1, -0.05) is 32.9 Å². The predicted octanol–water partition coefficient (Wildman–Crippen LogP) is 3.15. The second-order valence-electron chi connectivity index (χ2n) is 7.65. The van der Waals surface area contributed by atoms with E-state index in [-0.39, 0.29) is 46.2 Å². The molecule has 0 unspecified atom stereocenters. The van der Waals surface area contributed by atoms with Crippen molar-refractivity contribution in [3.8, 4) is 6.07 Å². The molecule has 1 aromatic heterocycles. The first-order chi connectivity index (χ1) is 14.6. The molecule has 31 heavy (non-hydrogen) atoms. The summed E-state index contributed by atoms with van der Waals surface area (Å²) in [5.74, 6) is -1.77. The van der Waals surface area contributed by atoms with Crippen LogP contribution in [0.25, 0.3) is 0 Å². The van der Waals surface area contributed by atoms with Gasteiger partial charge in [0.15, 0.2) is 0 Å². The Hall–Kier alpha value is -3.38. The van der Waals surface area contributed by atoms with Crippen molar-refractivity contribution in [2.45, 2.75) is 39.7 Å². The first-order valence-corrected chi connectivity index (χ1v) is 10.4. The fourth-order valence-electron chi connectivity index (χ4n) is 2.69. The first-order valence-electron chi connectivity index (χ1n) is 9.61. The number of benzene rings is 1. The van der Waals surface area contributed by atoms with Gasteiger partial charge in [0.05, 0.1) is 12.2 Å². The lowest BCUT2D eigenvalue weighted by molar-refractivity contribution is -0.143. The molecule has 1 heterocycles. The van der Waals surface area contributed by atoms with Crippen LogP contribution in [-0.2, 0) is 26.3 Å². The highest BCUT2D eigenvalue weighted by atomic mass is 32.1. The van der Waals surface area contributed by atoms with Crippen LogP contribution < -0.4 is 11.1 Å². The van der Waals surface area contributed by atoms with E-state index in [0.29, 0.717) is 5.56 Å². The zero-order valence-electron chi connectivity index (χ0n) is 17.9. The van der Waals surface area contributed by atoms with Gasteiger partial charge in [-0.25, -0.2) is 4.79 Å². The fraction of sp³-hybridized carbons (Fsp3) is 0.364. The topological polar surface area (TPSA) is 132 Å². The van der Waals surface area contributed by atoms with E-state index in [9.17, 15) is 19.6 Å². The van der Waals surface area contributed by atoms with Crippen molar-refractivity contribution in [3.05, 3.63) is 51.4 Å². The third-order valence-electron chi connectivity index (χ3n) is 4.39. The lowest BCUT2D eigenvalue weighted by Gasteiger charge is -2.19. The molecule has 2 aromatic rings. The minimum absolute atomic E-state index is 0.0332. The van der Waals surface area contributed by atoms with Crippen molar-refractivity contribution in [1.82, 2.24) is 5.32 Å². The quantitative estimate of drug-likeness (QED) is 0.628. The number of ether oxygens (including phenoxy) is 2. The molecule has 0 bridgehead atoms. The number of anilines is 1. The van der Waals surface area contributed by atoms with Crippen molar-refractivity contribution in [2.24, 2.45) is 0 Å². The number of carbonyl (C=O) groups excluding carboxylic acids is 3. The number of nitrogens with one attached hydrogen (secondary N) is 1. The van der Waals surface area contributed by atoms with Gasteiger partial charge in [-0.3, -0.25) is 9.59 Å². The molecular formula is C22H25N3O5S. The van der Waals surface area contributed by atoms with Crippen LogP contribution in [0.15, 0.2) is 24.3 Å². The summed E-state index contributed by atoms with van der Waals surface area (Å²) in [4.78, 5) is 36.5. The first kappa shape index (κ1) is 23.9. The summed E-state index contributed by atoms with van der Waals surface area (Å²) in [5.41, 5.74) is 7.53. The molecule has 9 heteroatoms. The number of amides is 1.